The van der Waals surface area contributed by atoms with Crippen molar-refractivity contribution in [3.8, 4) is 0 Å². The molecule has 3 heterocycles. The third-order valence-electron chi connectivity index (χ3n) is 4.96. The van der Waals surface area contributed by atoms with Gasteiger partial charge >= 0.3 is 6.03 Å². The monoisotopic (exact) mass is 347 g/mol. The van der Waals surface area contributed by atoms with Crippen LogP contribution in [0.5, 0.6) is 0 Å². The topological polar surface area (TPSA) is 43.9 Å². The quantitative estimate of drug-likeness (QED) is 0.773. The molecule has 3 saturated heterocycles. The molecule has 2 atom stereocenters. The van der Waals surface area contributed by atoms with E-state index in [2.05, 4.69) is 0 Å². The van der Waals surface area contributed by atoms with Gasteiger partial charge in [0.25, 0.3) is 5.91 Å². The molecule has 0 saturated carbocycles. The average Bonchev–Trinajstić information content (AvgIpc) is 2.92. The highest BCUT2D eigenvalue weighted by atomic mass is 32.2. The molecule has 5 nitrogen and oxygen atoms in total. The van der Waals surface area contributed by atoms with Crippen LogP contribution in [0, 0.1) is 5.92 Å². The van der Waals surface area contributed by atoms with E-state index in [1.165, 1.54) is 0 Å². The van der Waals surface area contributed by atoms with Gasteiger partial charge in [0.2, 0.25) is 0 Å². The highest BCUT2D eigenvalue weighted by Gasteiger charge is 2.39. The molecule has 6 heteroatoms. The van der Waals surface area contributed by atoms with Gasteiger partial charge in [0.15, 0.2) is 0 Å². The predicted molar refractivity (Wildman–Crippen MR) is 96.4 cm³/mol. The average molecular weight is 347 g/mol. The molecule has 0 N–H and O–H groups in total. The van der Waals surface area contributed by atoms with Crippen LogP contribution in [-0.4, -0.2) is 72.7 Å². The van der Waals surface area contributed by atoms with Crippen molar-refractivity contribution in [1.29, 1.82) is 0 Å². The smallest absolute Gasteiger partial charge is 0.319 e. The lowest BCUT2D eigenvalue weighted by atomic mass is 9.94. The lowest BCUT2D eigenvalue weighted by molar-refractivity contribution is 0.0582. The van der Waals surface area contributed by atoms with E-state index in [0.29, 0.717) is 12.5 Å². The van der Waals surface area contributed by atoms with Gasteiger partial charge in [-0.3, -0.25) is 4.79 Å². The second-order valence-corrected chi connectivity index (χ2v) is 7.69. The van der Waals surface area contributed by atoms with Crippen molar-refractivity contribution in [2.75, 3.05) is 40.0 Å². The number of carbonyl (C=O) groups excluding carboxylic acids is 2. The second-order valence-electron chi connectivity index (χ2n) is 6.84. The SMILES string of the molecule is CSc1ccccc1C(=O)N1C[C@H]2CC[C@@H]1CN(C(=O)N(C)C)C2. The number of piperidine rings is 1. The van der Waals surface area contributed by atoms with Crippen LogP contribution in [0.15, 0.2) is 29.2 Å². The van der Waals surface area contributed by atoms with Crippen LogP contribution in [0.1, 0.15) is 23.2 Å². The molecule has 0 aromatic heterocycles. The van der Waals surface area contributed by atoms with Crippen LogP contribution in [-0.2, 0) is 0 Å². The molecule has 2 bridgehead atoms. The Bertz CT molecular complexity index is 634. The van der Waals surface area contributed by atoms with Crippen LogP contribution < -0.4 is 0 Å². The summed E-state index contributed by atoms with van der Waals surface area (Å²) in [5, 5.41) is 0. The molecule has 0 spiro atoms. The van der Waals surface area contributed by atoms with E-state index in [9.17, 15) is 9.59 Å². The molecule has 4 rings (SSSR count). The Balaban J connectivity index is 1.83. The summed E-state index contributed by atoms with van der Waals surface area (Å²) in [4.78, 5) is 32.1. The predicted octanol–water partition coefficient (Wildman–Crippen LogP) is 2.63. The number of benzene rings is 1. The Kier molecular flexibility index (Phi) is 5.04. The summed E-state index contributed by atoms with van der Waals surface area (Å²) in [6.45, 7) is 2.14. The summed E-state index contributed by atoms with van der Waals surface area (Å²) in [6, 6.07) is 7.96. The third-order valence-corrected chi connectivity index (χ3v) is 5.76. The van der Waals surface area contributed by atoms with E-state index in [1.807, 2.05) is 40.3 Å². The maximum absolute atomic E-state index is 13.1. The number of carbonyl (C=O) groups is 2. The summed E-state index contributed by atoms with van der Waals surface area (Å²) in [7, 11) is 3.57. The summed E-state index contributed by atoms with van der Waals surface area (Å²) < 4.78 is 0. The van der Waals surface area contributed by atoms with Crippen molar-refractivity contribution in [2.45, 2.75) is 23.8 Å². The van der Waals surface area contributed by atoms with Crippen molar-refractivity contribution in [1.82, 2.24) is 14.7 Å². The van der Waals surface area contributed by atoms with E-state index in [0.717, 1.165) is 36.4 Å². The van der Waals surface area contributed by atoms with Gasteiger partial charge in [0.05, 0.1) is 5.56 Å². The first-order valence-electron chi connectivity index (χ1n) is 8.41. The van der Waals surface area contributed by atoms with Crippen molar-refractivity contribution in [2.24, 2.45) is 5.92 Å². The van der Waals surface area contributed by atoms with Gasteiger partial charge in [-0.15, -0.1) is 11.8 Å². The lowest BCUT2D eigenvalue weighted by Crippen LogP contribution is -2.48. The van der Waals surface area contributed by atoms with Crippen LogP contribution in [0.4, 0.5) is 4.79 Å². The molecule has 3 aliphatic rings. The number of hydrogen-bond donors (Lipinski definition) is 0. The number of fused-ring (bicyclic) bond motifs is 4. The largest absolute Gasteiger partial charge is 0.334 e. The van der Waals surface area contributed by atoms with Crippen molar-refractivity contribution in [3.63, 3.8) is 0 Å². The zero-order valence-corrected chi connectivity index (χ0v) is 15.4. The van der Waals surface area contributed by atoms with Crippen LogP contribution in [0.3, 0.4) is 0 Å². The fraction of sp³-hybridized carbons (Fsp3) is 0.556. The Morgan fingerprint density at radius 1 is 1.12 bits per heavy atom. The normalized spacial score (nSPS) is 23.1. The first kappa shape index (κ1) is 17.1. The standard InChI is InChI=1S/C18H25N3O2S/c1-19(2)18(23)20-10-13-8-9-14(12-20)21(11-13)17(22)15-6-4-5-7-16(15)24-3/h4-7,13-14H,8-12H2,1-3H3/t13-,14+/m0/s1. The number of amides is 3. The molecule has 0 aliphatic carbocycles. The van der Waals surface area contributed by atoms with Gasteiger partial charge in [-0.2, -0.15) is 0 Å². The Morgan fingerprint density at radius 2 is 1.88 bits per heavy atom. The van der Waals surface area contributed by atoms with Crippen molar-refractivity contribution in [3.05, 3.63) is 29.8 Å². The number of hydrogen-bond acceptors (Lipinski definition) is 3. The van der Waals surface area contributed by atoms with Gasteiger partial charge in [-0.1, -0.05) is 12.1 Å². The van der Waals surface area contributed by atoms with Crippen molar-refractivity contribution < 1.29 is 9.59 Å². The molecule has 3 amide bonds. The molecule has 3 fully saturated rings. The zero-order valence-electron chi connectivity index (χ0n) is 14.6. The van der Waals surface area contributed by atoms with Gasteiger partial charge in [-0.25, -0.2) is 4.79 Å². The summed E-state index contributed by atoms with van der Waals surface area (Å²) in [5.74, 6) is 0.479. The number of thioether (sulfide) groups is 1. The van der Waals surface area contributed by atoms with Crippen LogP contribution in [0.25, 0.3) is 0 Å². The van der Waals surface area contributed by atoms with Crippen molar-refractivity contribution >= 4 is 23.7 Å². The molecule has 0 unspecified atom stereocenters. The zero-order chi connectivity index (χ0) is 17.3. The molecular weight excluding hydrogens is 322 g/mol. The van der Waals surface area contributed by atoms with E-state index < -0.39 is 0 Å². The molecule has 1 aromatic rings. The Hall–Kier alpha value is -1.69. The number of rotatable bonds is 2. The second kappa shape index (κ2) is 7.05. The van der Waals surface area contributed by atoms with Gasteiger partial charge < -0.3 is 14.7 Å². The van der Waals surface area contributed by atoms with E-state index in [-0.39, 0.29) is 18.0 Å². The summed E-state index contributed by atoms with van der Waals surface area (Å²) in [5.41, 5.74) is 0.781. The highest BCUT2D eigenvalue weighted by molar-refractivity contribution is 7.98. The van der Waals surface area contributed by atoms with Crippen LogP contribution in [0.2, 0.25) is 0 Å². The minimum atomic E-state index is 0.0470. The molecular formula is C18H25N3O2S. The fourth-order valence-electron chi connectivity index (χ4n) is 3.75. The first-order chi connectivity index (χ1) is 11.5. The highest BCUT2D eigenvalue weighted by Crippen LogP contribution is 2.31. The molecule has 24 heavy (non-hydrogen) atoms. The maximum Gasteiger partial charge on any atom is 0.319 e. The minimum absolute atomic E-state index is 0.0470. The number of nitrogens with zero attached hydrogens (tertiary/aromatic N) is 3. The molecule has 1 aromatic carbocycles. The summed E-state index contributed by atoms with van der Waals surface area (Å²) >= 11 is 1.60. The third kappa shape index (κ3) is 3.24. The van der Waals surface area contributed by atoms with Gasteiger partial charge in [0.1, 0.15) is 0 Å². The first-order valence-corrected chi connectivity index (χ1v) is 9.64. The molecule has 3 aliphatic heterocycles. The lowest BCUT2D eigenvalue weighted by Gasteiger charge is -2.36. The van der Waals surface area contributed by atoms with Gasteiger partial charge in [-0.05, 0) is 37.1 Å². The van der Waals surface area contributed by atoms with Crippen LogP contribution >= 0.6 is 11.8 Å². The van der Waals surface area contributed by atoms with E-state index in [1.54, 1.807) is 30.8 Å². The summed E-state index contributed by atoms with van der Waals surface area (Å²) in [6.07, 6.45) is 4.07. The minimum Gasteiger partial charge on any atom is -0.334 e. The van der Waals surface area contributed by atoms with E-state index in [4.69, 9.17) is 0 Å². The van der Waals surface area contributed by atoms with E-state index >= 15 is 0 Å². The maximum atomic E-state index is 13.1. The molecule has 130 valence electrons. The fourth-order valence-corrected chi connectivity index (χ4v) is 4.34. The Morgan fingerprint density at radius 3 is 2.58 bits per heavy atom. The molecule has 0 radical (unpaired) electrons. The Labute approximate surface area is 148 Å². The number of urea groups is 1. The van der Waals surface area contributed by atoms with Gasteiger partial charge in [0, 0.05) is 44.7 Å².